The molecule has 1 amide bonds. The minimum atomic E-state index is -0.209. The van der Waals surface area contributed by atoms with Gasteiger partial charge in [-0.2, -0.15) is 4.98 Å². The molecule has 6 nitrogen and oxygen atoms in total. The van der Waals surface area contributed by atoms with Gasteiger partial charge in [-0.25, -0.2) is 0 Å². The molecule has 0 saturated heterocycles. The van der Waals surface area contributed by atoms with Crippen LogP contribution in [0.15, 0.2) is 22.0 Å². The molecule has 0 bridgehead atoms. The first-order valence-corrected chi connectivity index (χ1v) is 8.90. The zero-order valence-electron chi connectivity index (χ0n) is 12.9. The quantitative estimate of drug-likeness (QED) is 0.846. The van der Waals surface area contributed by atoms with Gasteiger partial charge in [0, 0.05) is 19.4 Å². The van der Waals surface area contributed by atoms with Gasteiger partial charge in [0.1, 0.15) is 0 Å². The average molecular weight is 335 g/mol. The van der Waals surface area contributed by atoms with Crippen molar-refractivity contribution in [2.45, 2.75) is 44.6 Å². The van der Waals surface area contributed by atoms with Crippen LogP contribution in [0.3, 0.4) is 0 Å². The van der Waals surface area contributed by atoms with E-state index in [2.05, 4.69) is 15.5 Å². The third kappa shape index (κ3) is 4.62. The molecule has 0 aromatic carbocycles. The van der Waals surface area contributed by atoms with Crippen molar-refractivity contribution in [1.82, 2.24) is 15.5 Å². The molecule has 23 heavy (non-hydrogen) atoms. The minimum absolute atomic E-state index is 0.0130. The normalized spacial score (nSPS) is 21.3. The lowest BCUT2D eigenvalue weighted by Crippen LogP contribution is -2.33. The van der Waals surface area contributed by atoms with Gasteiger partial charge in [-0.15, -0.1) is 11.3 Å². The van der Waals surface area contributed by atoms with Gasteiger partial charge in [0.2, 0.25) is 17.6 Å². The van der Waals surface area contributed by atoms with Crippen molar-refractivity contribution in [3.63, 3.8) is 0 Å². The average Bonchev–Trinajstić information content (AvgIpc) is 3.22. The smallest absolute Gasteiger partial charge is 0.227 e. The predicted octanol–water partition coefficient (Wildman–Crippen LogP) is 2.40. The highest BCUT2D eigenvalue weighted by Gasteiger charge is 2.20. The SMILES string of the molecule is O=C(CCc1nc(-c2cccs2)no1)NCC1CCCC(O)C1. The van der Waals surface area contributed by atoms with E-state index in [9.17, 15) is 9.90 Å². The lowest BCUT2D eigenvalue weighted by molar-refractivity contribution is -0.121. The summed E-state index contributed by atoms with van der Waals surface area (Å²) in [5.74, 6) is 1.43. The topological polar surface area (TPSA) is 88.2 Å². The van der Waals surface area contributed by atoms with E-state index in [0.717, 1.165) is 30.6 Å². The number of carbonyl (C=O) groups excluding carboxylic acids is 1. The van der Waals surface area contributed by atoms with Gasteiger partial charge in [-0.1, -0.05) is 17.6 Å². The highest BCUT2D eigenvalue weighted by Crippen LogP contribution is 2.23. The van der Waals surface area contributed by atoms with E-state index in [1.165, 1.54) is 0 Å². The van der Waals surface area contributed by atoms with Crippen LogP contribution in [0.4, 0.5) is 0 Å². The zero-order chi connectivity index (χ0) is 16.1. The summed E-state index contributed by atoms with van der Waals surface area (Å²) in [6, 6.07) is 3.87. The maximum Gasteiger partial charge on any atom is 0.227 e. The predicted molar refractivity (Wildman–Crippen MR) is 86.9 cm³/mol. The highest BCUT2D eigenvalue weighted by atomic mass is 32.1. The molecule has 0 radical (unpaired) electrons. The summed E-state index contributed by atoms with van der Waals surface area (Å²) in [5.41, 5.74) is 0. The van der Waals surface area contributed by atoms with Crippen LogP contribution >= 0.6 is 11.3 Å². The fourth-order valence-corrected chi connectivity index (χ4v) is 3.53. The number of aliphatic hydroxyl groups excluding tert-OH is 1. The summed E-state index contributed by atoms with van der Waals surface area (Å²) in [4.78, 5) is 17.2. The summed E-state index contributed by atoms with van der Waals surface area (Å²) in [6.45, 7) is 0.639. The van der Waals surface area contributed by atoms with Gasteiger partial charge in [0.15, 0.2) is 0 Å². The van der Waals surface area contributed by atoms with Gasteiger partial charge in [0.25, 0.3) is 0 Å². The number of hydrogen-bond donors (Lipinski definition) is 2. The summed E-state index contributed by atoms with van der Waals surface area (Å²) < 4.78 is 5.18. The van der Waals surface area contributed by atoms with Crippen molar-refractivity contribution in [3.8, 4) is 10.7 Å². The molecule has 2 aromatic heterocycles. The van der Waals surface area contributed by atoms with Crippen LogP contribution in [0.5, 0.6) is 0 Å². The molecule has 1 aliphatic carbocycles. The highest BCUT2D eigenvalue weighted by molar-refractivity contribution is 7.13. The third-order valence-electron chi connectivity index (χ3n) is 4.12. The fourth-order valence-electron chi connectivity index (χ4n) is 2.88. The monoisotopic (exact) mass is 335 g/mol. The van der Waals surface area contributed by atoms with Crippen LogP contribution < -0.4 is 5.32 Å². The van der Waals surface area contributed by atoms with Crippen molar-refractivity contribution in [3.05, 3.63) is 23.4 Å². The van der Waals surface area contributed by atoms with E-state index in [4.69, 9.17) is 4.52 Å². The summed E-state index contributed by atoms with van der Waals surface area (Å²) in [7, 11) is 0. The molecule has 1 fully saturated rings. The first-order chi connectivity index (χ1) is 11.2. The fraction of sp³-hybridized carbons (Fsp3) is 0.562. The summed E-state index contributed by atoms with van der Waals surface area (Å²) in [5, 5.41) is 18.5. The number of aliphatic hydroxyl groups is 1. The summed E-state index contributed by atoms with van der Waals surface area (Å²) in [6.07, 6.45) is 4.35. The molecule has 1 saturated carbocycles. The number of thiophene rings is 1. The van der Waals surface area contributed by atoms with Crippen LogP contribution in [0.1, 0.15) is 38.0 Å². The molecule has 1 aliphatic rings. The molecule has 2 heterocycles. The second-order valence-corrected chi connectivity index (χ2v) is 6.93. The van der Waals surface area contributed by atoms with E-state index in [-0.39, 0.29) is 12.0 Å². The number of amides is 1. The molecule has 0 spiro atoms. The number of aromatic nitrogens is 2. The van der Waals surface area contributed by atoms with Crippen molar-refractivity contribution in [2.75, 3.05) is 6.54 Å². The molecule has 2 unspecified atom stereocenters. The maximum absolute atomic E-state index is 11.9. The van der Waals surface area contributed by atoms with E-state index in [1.807, 2.05) is 17.5 Å². The van der Waals surface area contributed by atoms with Crippen LogP contribution in [-0.4, -0.2) is 33.8 Å². The second-order valence-electron chi connectivity index (χ2n) is 5.98. The van der Waals surface area contributed by atoms with Crippen LogP contribution in [-0.2, 0) is 11.2 Å². The maximum atomic E-state index is 11.9. The Labute approximate surface area is 138 Å². The van der Waals surface area contributed by atoms with E-state index >= 15 is 0 Å². The van der Waals surface area contributed by atoms with Crippen molar-refractivity contribution in [1.29, 1.82) is 0 Å². The molecule has 0 aliphatic heterocycles. The number of hydrogen-bond acceptors (Lipinski definition) is 6. The van der Waals surface area contributed by atoms with Gasteiger partial charge >= 0.3 is 0 Å². The van der Waals surface area contributed by atoms with E-state index in [1.54, 1.807) is 11.3 Å². The first kappa shape index (κ1) is 16.1. The number of nitrogens with zero attached hydrogens (tertiary/aromatic N) is 2. The third-order valence-corrected chi connectivity index (χ3v) is 4.98. The van der Waals surface area contributed by atoms with E-state index in [0.29, 0.717) is 37.0 Å². The number of nitrogens with one attached hydrogen (secondary N) is 1. The van der Waals surface area contributed by atoms with Crippen LogP contribution in [0.25, 0.3) is 10.7 Å². The Balaban J connectivity index is 1.40. The van der Waals surface area contributed by atoms with Gasteiger partial charge in [0.05, 0.1) is 11.0 Å². The molecular formula is C16H21N3O3S. The van der Waals surface area contributed by atoms with Crippen molar-refractivity contribution < 1.29 is 14.4 Å². The molecule has 3 rings (SSSR count). The number of aryl methyl sites for hydroxylation is 1. The molecule has 124 valence electrons. The molecule has 7 heteroatoms. The zero-order valence-corrected chi connectivity index (χ0v) is 13.7. The first-order valence-electron chi connectivity index (χ1n) is 8.02. The Morgan fingerprint density at radius 3 is 3.17 bits per heavy atom. The van der Waals surface area contributed by atoms with Crippen LogP contribution in [0, 0.1) is 5.92 Å². The summed E-state index contributed by atoms with van der Waals surface area (Å²) >= 11 is 1.55. The Morgan fingerprint density at radius 2 is 2.39 bits per heavy atom. The van der Waals surface area contributed by atoms with E-state index < -0.39 is 0 Å². The van der Waals surface area contributed by atoms with Gasteiger partial charge < -0.3 is 14.9 Å². The Morgan fingerprint density at radius 1 is 1.48 bits per heavy atom. The molecule has 2 N–H and O–H groups in total. The van der Waals surface area contributed by atoms with Gasteiger partial charge in [-0.3, -0.25) is 4.79 Å². The van der Waals surface area contributed by atoms with Crippen molar-refractivity contribution >= 4 is 17.2 Å². The number of rotatable bonds is 6. The van der Waals surface area contributed by atoms with Crippen molar-refractivity contribution in [2.24, 2.45) is 5.92 Å². The standard InChI is InChI=1S/C16H21N3O3S/c20-12-4-1-3-11(9-12)10-17-14(21)6-7-15-18-16(19-22-15)13-5-2-8-23-13/h2,5,8,11-12,20H,1,3-4,6-7,9-10H2,(H,17,21). The van der Waals surface area contributed by atoms with Crippen LogP contribution in [0.2, 0.25) is 0 Å². The minimum Gasteiger partial charge on any atom is -0.393 e. The lowest BCUT2D eigenvalue weighted by Gasteiger charge is -2.25. The number of carbonyl (C=O) groups is 1. The molecular weight excluding hydrogens is 314 g/mol. The largest absolute Gasteiger partial charge is 0.393 e. The Bertz CT molecular complexity index is 626. The second kappa shape index (κ2) is 7.70. The Hall–Kier alpha value is -1.73. The lowest BCUT2D eigenvalue weighted by atomic mass is 9.87. The van der Waals surface area contributed by atoms with Gasteiger partial charge in [-0.05, 0) is 36.6 Å². The molecule has 2 atom stereocenters. The Kier molecular flexibility index (Phi) is 5.40. The molecule has 2 aromatic rings.